The Balaban J connectivity index is 1.78. The highest BCUT2D eigenvalue weighted by Gasteiger charge is 2.25. The maximum absolute atomic E-state index is 13.0. The van der Waals surface area contributed by atoms with Gasteiger partial charge in [-0.2, -0.15) is 0 Å². The van der Waals surface area contributed by atoms with Crippen molar-refractivity contribution in [2.75, 3.05) is 23.3 Å². The summed E-state index contributed by atoms with van der Waals surface area (Å²) >= 11 is 0. The number of anilines is 2. The van der Waals surface area contributed by atoms with Gasteiger partial charge in [0.1, 0.15) is 5.58 Å². The van der Waals surface area contributed by atoms with Crippen LogP contribution in [0.1, 0.15) is 48.3 Å². The Morgan fingerprint density at radius 2 is 1.84 bits per heavy atom. The summed E-state index contributed by atoms with van der Waals surface area (Å²) in [7, 11) is 0. The van der Waals surface area contributed by atoms with Crippen molar-refractivity contribution in [3.8, 4) is 0 Å². The molecule has 2 aromatic carbocycles. The number of nitrogens with one attached hydrogen (secondary N) is 1. The lowest BCUT2D eigenvalue weighted by molar-refractivity contribution is -0.00639. The first-order chi connectivity index (χ1) is 15.2. The van der Waals surface area contributed by atoms with Crippen molar-refractivity contribution in [1.29, 1.82) is 0 Å². The number of aromatic carboxylic acids is 1. The molecule has 2 heterocycles. The molecule has 4 rings (SSSR count). The van der Waals surface area contributed by atoms with Crippen LogP contribution in [0.2, 0.25) is 0 Å². The van der Waals surface area contributed by atoms with Gasteiger partial charge in [0.25, 0.3) is 0 Å². The van der Waals surface area contributed by atoms with E-state index in [0.29, 0.717) is 35.6 Å². The van der Waals surface area contributed by atoms with Crippen LogP contribution in [0.5, 0.6) is 0 Å². The third-order valence-electron chi connectivity index (χ3n) is 5.72. The van der Waals surface area contributed by atoms with Crippen LogP contribution in [-0.4, -0.2) is 36.4 Å². The lowest BCUT2D eigenvalue weighted by Gasteiger charge is -2.35. The summed E-state index contributed by atoms with van der Waals surface area (Å²) in [5.74, 6) is -0.480. The Morgan fingerprint density at radius 3 is 2.53 bits per heavy atom. The number of rotatable bonds is 5. The van der Waals surface area contributed by atoms with Crippen LogP contribution in [0.25, 0.3) is 11.0 Å². The standard InChI is InChI=1S/C25H28N2O5/c1-14-9-19(17(4)26-21-8-6-5-7-18(21)25(29)30)24-20(10-14)22(28)11-23(32-24)27-12-15(2)31-16(3)13-27/h5-11,15-17,26H,12-13H2,1-4H3,(H,29,30)/t15-,16+,17?. The molecule has 1 aliphatic heterocycles. The predicted octanol–water partition coefficient (Wildman–Crippen LogP) is 4.59. The Hall–Kier alpha value is -3.32. The van der Waals surface area contributed by atoms with Gasteiger partial charge >= 0.3 is 5.97 Å². The molecular weight excluding hydrogens is 408 g/mol. The molecule has 1 saturated heterocycles. The molecule has 1 unspecified atom stereocenters. The molecule has 0 saturated carbocycles. The molecule has 3 atom stereocenters. The number of hydrogen-bond donors (Lipinski definition) is 2. The Bertz CT molecular complexity index is 1210. The van der Waals surface area contributed by atoms with Gasteiger partial charge in [-0.15, -0.1) is 0 Å². The summed E-state index contributed by atoms with van der Waals surface area (Å²) in [6, 6.07) is 11.8. The van der Waals surface area contributed by atoms with E-state index in [1.807, 2.05) is 44.7 Å². The van der Waals surface area contributed by atoms with Crippen molar-refractivity contribution in [1.82, 2.24) is 0 Å². The summed E-state index contributed by atoms with van der Waals surface area (Å²) in [6.45, 7) is 9.14. The quantitative estimate of drug-likeness (QED) is 0.604. The highest BCUT2D eigenvalue weighted by molar-refractivity contribution is 5.94. The molecule has 0 spiro atoms. The molecule has 32 heavy (non-hydrogen) atoms. The number of nitrogens with zero attached hydrogens (tertiary/aromatic N) is 1. The molecule has 168 valence electrons. The molecule has 0 bridgehead atoms. The van der Waals surface area contributed by atoms with Gasteiger partial charge in [0.15, 0.2) is 11.3 Å². The zero-order chi connectivity index (χ0) is 23.0. The highest BCUT2D eigenvalue weighted by atomic mass is 16.5. The van der Waals surface area contributed by atoms with Crippen LogP contribution in [0, 0.1) is 6.92 Å². The Morgan fingerprint density at radius 1 is 1.16 bits per heavy atom. The lowest BCUT2D eigenvalue weighted by Crippen LogP contribution is -2.45. The maximum atomic E-state index is 13.0. The smallest absolute Gasteiger partial charge is 0.337 e. The number of carbonyl (C=O) groups is 1. The Kier molecular flexibility index (Phi) is 5.93. The fourth-order valence-electron chi connectivity index (χ4n) is 4.36. The highest BCUT2D eigenvalue weighted by Crippen LogP contribution is 2.31. The topological polar surface area (TPSA) is 92.0 Å². The third-order valence-corrected chi connectivity index (χ3v) is 5.72. The fraction of sp³-hybridized carbons (Fsp3) is 0.360. The SMILES string of the molecule is Cc1cc(C(C)Nc2ccccc2C(=O)O)c2oc(N3C[C@@H](C)O[C@@H](C)C3)cc(=O)c2c1. The van der Waals surface area contributed by atoms with Gasteiger partial charge in [-0.1, -0.05) is 18.2 Å². The number of fused-ring (bicyclic) bond motifs is 1. The molecule has 0 amide bonds. The minimum Gasteiger partial charge on any atom is -0.478 e. The van der Waals surface area contributed by atoms with E-state index in [0.717, 1.165) is 11.1 Å². The van der Waals surface area contributed by atoms with Crippen molar-refractivity contribution in [3.63, 3.8) is 0 Å². The van der Waals surface area contributed by atoms with Crippen LogP contribution in [0.15, 0.2) is 51.7 Å². The van der Waals surface area contributed by atoms with Crippen molar-refractivity contribution in [2.24, 2.45) is 0 Å². The van der Waals surface area contributed by atoms with Gasteiger partial charge in [0.05, 0.1) is 29.2 Å². The van der Waals surface area contributed by atoms with E-state index in [9.17, 15) is 14.7 Å². The summed E-state index contributed by atoms with van der Waals surface area (Å²) < 4.78 is 12.1. The van der Waals surface area contributed by atoms with Crippen molar-refractivity contribution in [3.05, 3.63) is 69.4 Å². The third kappa shape index (κ3) is 4.34. The molecule has 7 heteroatoms. The largest absolute Gasteiger partial charge is 0.478 e. The number of aryl methyl sites for hydroxylation is 1. The van der Waals surface area contributed by atoms with Crippen LogP contribution < -0.4 is 15.6 Å². The second-order valence-corrected chi connectivity index (χ2v) is 8.56. The van der Waals surface area contributed by atoms with Gasteiger partial charge in [-0.3, -0.25) is 4.79 Å². The van der Waals surface area contributed by atoms with Gasteiger partial charge in [-0.05, 0) is 51.5 Å². The molecule has 1 aliphatic rings. The van der Waals surface area contributed by atoms with E-state index in [2.05, 4.69) is 5.32 Å². The molecule has 3 aromatic rings. The number of hydrogen-bond acceptors (Lipinski definition) is 6. The minimum atomic E-state index is -1.00. The van der Waals surface area contributed by atoms with Crippen molar-refractivity contribution >= 4 is 28.5 Å². The second-order valence-electron chi connectivity index (χ2n) is 8.56. The van der Waals surface area contributed by atoms with Crippen molar-refractivity contribution in [2.45, 2.75) is 45.9 Å². The van der Waals surface area contributed by atoms with Crippen LogP contribution in [0.4, 0.5) is 11.6 Å². The van der Waals surface area contributed by atoms with Gasteiger partial charge < -0.3 is 24.5 Å². The van der Waals surface area contributed by atoms with Gasteiger partial charge in [-0.25, -0.2) is 4.79 Å². The molecule has 0 aliphatic carbocycles. The average molecular weight is 437 g/mol. The number of carboxylic acids is 1. The Labute approximate surface area is 186 Å². The van der Waals surface area contributed by atoms with E-state index >= 15 is 0 Å². The normalized spacial score (nSPS) is 19.7. The number of morpholine rings is 1. The van der Waals surface area contributed by atoms with Crippen molar-refractivity contribution < 1.29 is 19.1 Å². The molecule has 1 fully saturated rings. The first-order valence-electron chi connectivity index (χ1n) is 10.8. The van der Waals surface area contributed by atoms with Gasteiger partial charge in [0, 0.05) is 30.4 Å². The monoisotopic (exact) mass is 436 g/mol. The average Bonchev–Trinajstić information content (AvgIpc) is 2.73. The van der Waals surface area contributed by atoms with Gasteiger partial charge in [0.2, 0.25) is 0 Å². The lowest BCUT2D eigenvalue weighted by atomic mass is 10.0. The van der Waals surface area contributed by atoms with E-state index in [1.165, 1.54) is 0 Å². The van der Waals surface area contributed by atoms with Crippen LogP contribution in [0.3, 0.4) is 0 Å². The molecular formula is C25H28N2O5. The second kappa shape index (κ2) is 8.67. The van der Waals surface area contributed by atoms with E-state index in [-0.39, 0.29) is 29.2 Å². The van der Waals surface area contributed by atoms with Crippen LogP contribution >= 0.6 is 0 Å². The molecule has 2 N–H and O–H groups in total. The summed E-state index contributed by atoms with van der Waals surface area (Å²) in [6.07, 6.45) is 0.0655. The number of carboxylic acid groups (broad SMARTS) is 1. The summed E-state index contributed by atoms with van der Waals surface area (Å²) in [4.78, 5) is 26.7. The van der Waals surface area contributed by atoms with Crippen LogP contribution in [-0.2, 0) is 4.74 Å². The van der Waals surface area contributed by atoms with E-state index < -0.39 is 5.97 Å². The zero-order valence-corrected chi connectivity index (χ0v) is 18.7. The number of benzene rings is 2. The first-order valence-corrected chi connectivity index (χ1v) is 10.8. The maximum Gasteiger partial charge on any atom is 0.337 e. The fourth-order valence-corrected chi connectivity index (χ4v) is 4.36. The van der Waals surface area contributed by atoms with E-state index in [4.69, 9.17) is 9.15 Å². The predicted molar refractivity (Wildman–Crippen MR) is 125 cm³/mol. The van der Waals surface area contributed by atoms with E-state index in [1.54, 1.807) is 30.3 Å². The number of para-hydroxylation sites is 1. The molecule has 1 aromatic heterocycles. The molecule has 7 nitrogen and oxygen atoms in total. The zero-order valence-electron chi connectivity index (χ0n) is 18.7. The minimum absolute atomic E-state index is 0.0327. The summed E-state index contributed by atoms with van der Waals surface area (Å²) in [5.41, 5.74) is 2.84. The summed E-state index contributed by atoms with van der Waals surface area (Å²) in [5, 5.41) is 13.3. The first kappa shape index (κ1) is 21.9. The molecule has 0 radical (unpaired) electrons. The number of ether oxygens (including phenoxy) is 1.